The van der Waals surface area contributed by atoms with Gasteiger partial charge < -0.3 is 9.84 Å². The Balaban J connectivity index is 1.59. The van der Waals surface area contributed by atoms with Crippen LogP contribution in [0.1, 0.15) is 12.6 Å². The zero-order valence-corrected chi connectivity index (χ0v) is 12.9. The first kappa shape index (κ1) is 14.1. The first-order valence-electron chi connectivity index (χ1n) is 6.41. The number of nitrogens with zero attached hydrogens (tertiary/aromatic N) is 2. The van der Waals surface area contributed by atoms with E-state index in [4.69, 9.17) is 4.52 Å². The normalized spacial score (nSPS) is 12.4. The molecule has 0 fully saturated rings. The number of nitrogens with one attached hydrogen (secondary N) is 1. The fourth-order valence-electron chi connectivity index (χ4n) is 1.76. The first-order valence-corrected chi connectivity index (χ1v) is 8.11. The van der Waals surface area contributed by atoms with Crippen molar-refractivity contribution < 1.29 is 9.32 Å². The second-order valence-corrected chi connectivity index (χ2v) is 7.03. The van der Waals surface area contributed by atoms with Crippen molar-refractivity contribution in [3.63, 3.8) is 0 Å². The third kappa shape index (κ3) is 3.43. The number of hydrogen-bond acceptors (Lipinski definition) is 6. The van der Waals surface area contributed by atoms with Gasteiger partial charge in [-0.2, -0.15) is 0 Å². The standard InChI is InChI=1S/C14H13N3O2S2/c1-9(13(18)15-8-10-6-7-19-17-10)20-14-16-11-4-2-3-5-12(11)21-14/h2-7,9H,8H2,1H3,(H,15,18)/t9-/m0/s1. The second kappa shape index (κ2) is 6.28. The van der Waals surface area contributed by atoms with E-state index in [1.54, 1.807) is 17.4 Å². The van der Waals surface area contributed by atoms with Gasteiger partial charge in [0, 0.05) is 6.07 Å². The van der Waals surface area contributed by atoms with Crippen LogP contribution in [0.15, 0.2) is 45.5 Å². The number of para-hydroxylation sites is 1. The monoisotopic (exact) mass is 319 g/mol. The molecule has 108 valence electrons. The van der Waals surface area contributed by atoms with Crippen LogP contribution in [0.2, 0.25) is 0 Å². The zero-order valence-electron chi connectivity index (χ0n) is 11.3. The molecule has 0 aliphatic heterocycles. The van der Waals surface area contributed by atoms with Crippen molar-refractivity contribution in [1.82, 2.24) is 15.5 Å². The third-order valence-electron chi connectivity index (χ3n) is 2.86. The zero-order chi connectivity index (χ0) is 14.7. The minimum atomic E-state index is -0.211. The van der Waals surface area contributed by atoms with Crippen LogP contribution < -0.4 is 5.32 Å². The fourth-order valence-corrected chi connectivity index (χ4v) is 3.99. The molecule has 1 aromatic carbocycles. The Labute approximate surface area is 129 Å². The minimum absolute atomic E-state index is 0.0396. The van der Waals surface area contributed by atoms with Gasteiger partial charge in [-0.1, -0.05) is 29.1 Å². The molecular formula is C14H13N3O2S2. The molecule has 0 spiro atoms. The molecule has 21 heavy (non-hydrogen) atoms. The summed E-state index contributed by atoms with van der Waals surface area (Å²) in [4.78, 5) is 16.6. The van der Waals surface area contributed by atoms with Crippen molar-refractivity contribution >= 4 is 39.2 Å². The summed E-state index contributed by atoms with van der Waals surface area (Å²) in [5.41, 5.74) is 1.68. The van der Waals surface area contributed by atoms with Gasteiger partial charge in [-0.3, -0.25) is 4.79 Å². The fraction of sp³-hybridized carbons (Fsp3) is 0.214. The average molecular weight is 319 g/mol. The molecule has 2 aromatic heterocycles. The van der Waals surface area contributed by atoms with E-state index in [2.05, 4.69) is 15.5 Å². The first-order chi connectivity index (χ1) is 10.2. The van der Waals surface area contributed by atoms with Gasteiger partial charge in [0.1, 0.15) is 12.0 Å². The van der Waals surface area contributed by atoms with Crippen LogP contribution in [0.3, 0.4) is 0 Å². The van der Waals surface area contributed by atoms with E-state index >= 15 is 0 Å². The van der Waals surface area contributed by atoms with E-state index in [0.717, 1.165) is 14.6 Å². The van der Waals surface area contributed by atoms with Crippen LogP contribution in [-0.4, -0.2) is 21.3 Å². The number of thiazole rings is 1. The number of benzene rings is 1. The molecule has 1 N–H and O–H groups in total. The van der Waals surface area contributed by atoms with Crippen LogP contribution in [0.5, 0.6) is 0 Å². The molecule has 1 atom stereocenters. The van der Waals surface area contributed by atoms with Crippen molar-refractivity contribution in [2.75, 3.05) is 0 Å². The number of hydrogen-bond donors (Lipinski definition) is 1. The molecule has 2 heterocycles. The van der Waals surface area contributed by atoms with Gasteiger partial charge in [0.25, 0.3) is 0 Å². The smallest absolute Gasteiger partial charge is 0.233 e. The lowest BCUT2D eigenvalue weighted by Gasteiger charge is -2.08. The van der Waals surface area contributed by atoms with E-state index in [9.17, 15) is 4.79 Å². The number of rotatable bonds is 5. The summed E-state index contributed by atoms with van der Waals surface area (Å²) in [6, 6.07) is 9.69. The summed E-state index contributed by atoms with van der Waals surface area (Å²) >= 11 is 3.07. The summed E-state index contributed by atoms with van der Waals surface area (Å²) in [6.07, 6.45) is 1.49. The summed E-state index contributed by atoms with van der Waals surface area (Å²) in [5, 5.41) is 6.38. The highest BCUT2D eigenvalue weighted by atomic mass is 32.2. The Hall–Kier alpha value is -1.86. The van der Waals surface area contributed by atoms with Crippen molar-refractivity contribution in [1.29, 1.82) is 0 Å². The molecule has 3 aromatic rings. The molecule has 7 heteroatoms. The molecule has 0 radical (unpaired) electrons. The maximum absolute atomic E-state index is 12.0. The van der Waals surface area contributed by atoms with Crippen molar-refractivity contribution in [3.05, 3.63) is 42.3 Å². The molecule has 1 amide bonds. The summed E-state index contributed by atoms with van der Waals surface area (Å²) in [5.74, 6) is -0.0396. The van der Waals surface area contributed by atoms with Crippen LogP contribution in [-0.2, 0) is 11.3 Å². The maximum atomic E-state index is 12.0. The quantitative estimate of drug-likeness (QED) is 0.732. The molecular weight excluding hydrogens is 306 g/mol. The number of amides is 1. The number of carbonyl (C=O) groups excluding carboxylic acids is 1. The van der Waals surface area contributed by atoms with Gasteiger partial charge in [-0.25, -0.2) is 4.98 Å². The Morgan fingerprint density at radius 1 is 1.43 bits per heavy atom. The lowest BCUT2D eigenvalue weighted by molar-refractivity contribution is -0.120. The molecule has 0 unspecified atom stereocenters. The van der Waals surface area contributed by atoms with E-state index in [1.165, 1.54) is 18.0 Å². The van der Waals surface area contributed by atoms with Gasteiger partial charge in [0.15, 0.2) is 4.34 Å². The highest BCUT2D eigenvalue weighted by Gasteiger charge is 2.16. The number of aromatic nitrogens is 2. The Morgan fingerprint density at radius 3 is 3.05 bits per heavy atom. The third-order valence-corrected chi connectivity index (χ3v) is 5.09. The lowest BCUT2D eigenvalue weighted by Crippen LogP contribution is -2.30. The van der Waals surface area contributed by atoms with Crippen LogP contribution in [0, 0.1) is 0 Å². The van der Waals surface area contributed by atoms with Gasteiger partial charge in [-0.05, 0) is 19.1 Å². The number of carbonyl (C=O) groups is 1. The second-order valence-electron chi connectivity index (χ2n) is 4.42. The van der Waals surface area contributed by atoms with Crippen molar-refractivity contribution in [3.8, 4) is 0 Å². The maximum Gasteiger partial charge on any atom is 0.233 e. The molecule has 0 bridgehead atoms. The van der Waals surface area contributed by atoms with Gasteiger partial charge >= 0.3 is 0 Å². The number of thioether (sulfide) groups is 1. The molecule has 3 rings (SSSR count). The van der Waals surface area contributed by atoms with Gasteiger partial charge in [0.2, 0.25) is 5.91 Å². The highest BCUT2D eigenvalue weighted by Crippen LogP contribution is 2.31. The van der Waals surface area contributed by atoms with E-state index in [0.29, 0.717) is 12.2 Å². The van der Waals surface area contributed by atoms with E-state index < -0.39 is 0 Å². The Kier molecular flexibility index (Phi) is 4.21. The summed E-state index contributed by atoms with van der Waals surface area (Å²) in [7, 11) is 0. The average Bonchev–Trinajstić information content (AvgIpc) is 3.13. The van der Waals surface area contributed by atoms with Crippen LogP contribution in [0.25, 0.3) is 10.2 Å². The predicted octanol–water partition coefficient (Wildman–Crippen LogP) is 3.08. The van der Waals surface area contributed by atoms with Gasteiger partial charge in [0.05, 0.1) is 22.0 Å². The van der Waals surface area contributed by atoms with Crippen molar-refractivity contribution in [2.45, 2.75) is 23.1 Å². The Bertz CT molecular complexity index is 707. The Morgan fingerprint density at radius 2 is 2.29 bits per heavy atom. The lowest BCUT2D eigenvalue weighted by atomic mass is 10.3. The molecule has 0 aliphatic rings. The largest absolute Gasteiger partial charge is 0.364 e. The summed E-state index contributed by atoms with van der Waals surface area (Å²) in [6.45, 7) is 2.24. The van der Waals surface area contributed by atoms with E-state index in [1.807, 2.05) is 31.2 Å². The van der Waals surface area contributed by atoms with Crippen molar-refractivity contribution in [2.24, 2.45) is 0 Å². The van der Waals surface area contributed by atoms with Gasteiger partial charge in [-0.15, -0.1) is 11.3 Å². The minimum Gasteiger partial charge on any atom is -0.364 e. The van der Waals surface area contributed by atoms with E-state index in [-0.39, 0.29) is 11.2 Å². The molecule has 0 saturated carbocycles. The molecule has 0 aliphatic carbocycles. The topological polar surface area (TPSA) is 68.0 Å². The highest BCUT2D eigenvalue weighted by molar-refractivity contribution is 8.02. The van der Waals surface area contributed by atoms with Crippen LogP contribution >= 0.6 is 23.1 Å². The SMILES string of the molecule is C[C@H](Sc1nc2ccccc2s1)C(=O)NCc1ccon1. The number of fused-ring (bicyclic) bond motifs is 1. The molecule has 5 nitrogen and oxygen atoms in total. The van der Waals surface area contributed by atoms with Crippen LogP contribution in [0.4, 0.5) is 0 Å². The summed E-state index contributed by atoms with van der Waals surface area (Å²) < 4.78 is 6.76. The predicted molar refractivity (Wildman–Crippen MR) is 83.3 cm³/mol. The molecule has 0 saturated heterocycles.